The Kier molecular flexibility index (Phi) is 5.47. The normalized spacial score (nSPS) is 14.5. The molecule has 2 rings (SSSR count). The highest BCUT2D eigenvalue weighted by atomic mass is 15.0. The fourth-order valence-electron chi connectivity index (χ4n) is 3.44. The summed E-state index contributed by atoms with van der Waals surface area (Å²) < 4.78 is 2.15. The number of aromatic nitrogens is 2. The molecule has 0 spiro atoms. The van der Waals surface area contributed by atoms with Crippen molar-refractivity contribution < 1.29 is 4.57 Å². The highest BCUT2D eigenvalue weighted by Crippen LogP contribution is 2.38. The standard InChI is InChI=1S/C22H33N2/c1-8-14-22(6,9-2)18-13-11-10-12-17(18)19-15-20(21(3,4)5)23-16-24(19)7/h10-13,15-16H,8-9,14H2,1-7H3/q+1. The van der Waals surface area contributed by atoms with Gasteiger partial charge in [-0.3, -0.25) is 0 Å². The van der Waals surface area contributed by atoms with E-state index in [1.807, 2.05) is 6.33 Å². The minimum atomic E-state index is 0.0510. The molecule has 0 saturated carbocycles. The van der Waals surface area contributed by atoms with Gasteiger partial charge in [0.25, 0.3) is 6.33 Å². The average Bonchev–Trinajstić information content (AvgIpc) is 2.54. The number of aryl methyl sites for hydroxylation is 1. The predicted molar refractivity (Wildman–Crippen MR) is 102 cm³/mol. The van der Waals surface area contributed by atoms with Crippen LogP contribution in [0.2, 0.25) is 0 Å². The largest absolute Gasteiger partial charge is 0.286 e. The zero-order valence-electron chi connectivity index (χ0n) is 16.5. The highest BCUT2D eigenvalue weighted by molar-refractivity contribution is 5.63. The zero-order chi connectivity index (χ0) is 18.0. The fraction of sp³-hybridized carbons (Fsp3) is 0.545. The van der Waals surface area contributed by atoms with Crippen LogP contribution in [0, 0.1) is 0 Å². The molecule has 0 radical (unpaired) electrons. The molecule has 0 amide bonds. The molecule has 0 bridgehead atoms. The van der Waals surface area contributed by atoms with Crippen molar-refractivity contribution in [2.75, 3.05) is 0 Å². The molecule has 0 saturated heterocycles. The van der Waals surface area contributed by atoms with Crippen LogP contribution in [0.4, 0.5) is 0 Å². The second kappa shape index (κ2) is 7.04. The summed E-state index contributed by atoms with van der Waals surface area (Å²) in [6.45, 7) is 13.6. The smallest absolute Gasteiger partial charge is 0.233 e. The van der Waals surface area contributed by atoms with Crippen molar-refractivity contribution in [3.63, 3.8) is 0 Å². The summed E-state index contributed by atoms with van der Waals surface area (Å²) in [4.78, 5) is 4.65. The van der Waals surface area contributed by atoms with Crippen molar-refractivity contribution >= 4 is 0 Å². The number of hydrogen-bond donors (Lipinski definition) is 0. The molecule has 0 aliphatic heterocycles. The minimum Gasteiger partial charge on any atom is -0.233 e. The lowest BCUT2D eigenvalue weighted by Crippen LogP contribution is -2.34. The van der Waals surface area contributed by atoms with Gasteiger partial charge in [-0.2, -0.15) is 0 Å². The van der Waals surface area contributed by atoms with Gasteiger partial charge in [0.1, 0.15) is 5.69 Å². The van der Waals surface area contributed by atoms with E-state index in [1.54, 1.807) is 0 Å². The first-order valence-electron chi connectivity index (χ1n) is 9.19. The summed E-state index contributed by atoms with van der Waals surface area (Å²) in [7, 11) is 2.09. The predicted octanol–water partition coefficient (Wildman–Crippen LogP) is 5.34. The van der Waals surface area contributed by atoms with E-state index in [0.29, 0.717) is 0 Å². The number of rotatable bonds is 5. The second-order valence-electron chi connectivity index (χ2n) is 8.23. The quantitative estimate of drug-likeness (QED) is 0.678. The van der Waals surface area contributed by atoms with Gasteiger partial charge in [0.2, 0.25) is 0 Å². The first-order valence-corrected chi connectivity index (χ1v) is 9.19. The van der Waals surface area contributed by atoms with E-state index in [1.165, 1.54) is 29.7 Å². The molecule has 2 nitrogen and oxygen atoms in total. The van der Waals surface area contributed by atoms with Crippen LogP contribution in [0.3, 0.4) is 0 Å². The fourth-order valence-corrected chi connectivity index (χ4v) is 3.44. The minimum absolute atomic E-state index is 0.0510. The van der Waals surface area contributed by atoms with Crippen LogP contribution in [0.25, 0.3) is 11.3 Å². The molecule has 0 aliphatic rings. The van der Waals surface area contributed by atoms with Crippen LogP contribution in [-0.2, 0) is 17.9 Å². The topological polar surface area (TPSA) is 16.8 Å². The van der Waals surface area contributed by atoms with Crippen molar-refractivity contribution in [1.82, 2.24) is 4.98 Å². The van der Waals surface area contributed by atoms with Gasteiger partial charge in [-0.05, 0) is 23.8 Å². The summed E-state index contributed by atoms with van der Waals surface area (Å²) in [5.74, 6) is 0. The van der Waals surface area contributed by atoms with Gasteiger partial charge in [0.05, 0.1) is 7.05 Å². The summed E-state index contributed by atoms with van der Waals surface area (Å²) in [6, 6.07) is 11.2. The van der Waals surface area contributed by atoms with Crippen molar-refractivity contribution in [3.05, 3.63) is 47.9 Å². The van der Waals surface area contributed by atoms with Gasteiger partial charge < -0.3 is 0 Å². The van der Waals surface area contributed by atoms with Gasteiger partial charge in [0.15, 0.2) is 5.69 Å². The third kappa shape index (κ3) is 3.68. The lowest BCUT2D eigenvalue weighted by Gasteiger charge is -2.30. The third-order valence-electron chi connectivity index (χ3n) is 5.23. The number of nitrogens with zero attached hydrogens (tertiary/aromatic N) is 2. The molecule has 2 aromatic rings. The molecule has 1 aromatic carbocycles. The molecule has 130 valence electrons. The van der Waals surface area contributed by atoms with Crippen LogP contribution >= 0.6 is 0 Å². The first-order chi connectivity index (χ1) is 11.2. The van der Waals surface area contributed by atoms with E-state index in [2.05, 4.69) is 88.5 Å². The SMILES string of the molecule is CCCC(C)(CC)c1ccccc1-c1cc(C(C)(C)C)nc[n+]1C. The summed E-state index contributed by atoms with van der Waals surface area (Å²) in [5, 5.41) is 0. The van der Waals surface area contributed by atoms with E-state index in [4.69, 9.17) is 0 Å². The maximum absolute atomic E-state index is 4.65. The molecule has 1 atom stereocenters. The van der Waals surface area contributed by atoms with Crippen LogP contribution in [0.1, 0.15) is 72.1 Å². The molecule has 0 fully saturated rings. The molecule has 2 heteroatoms. The van der Waals surface area contributed by atoms with Crippen molar-refractivity contribution in [2.24, 2.45) is 7.05 Å². The maximum atomic E-state index is 4.65. The molecule has 0 aliphatic carbocycles. The Morgan fingerprint density at radius 2 is 1.71 bits per heavy atom. The Hall–Kier alpha value is -1.70. The van der Waals surface area contributed by atoms with E-state index in [0.717, 1.165) is 12.1 Å². The zero-order valence-corrected chi connectivity index (χ0v) is 16.5. The van der Waals surface area contributed by atoms with Gasteiger partial charge in [0, 0.05) is 17.0 Å². The molecule has 24 heavy (non-hydrogen) atoms. The van der Waals surface area contributed by atoms with Gasteiger partial charge in [-0.25, -0.2) is 4.57 Å². The first kappa shape index (κ1) is 18.6. The Labute approximate surface area is 148 Å². The molecule has 1 aromatic heterocycles. The van der Waals surface area contributed by atoms with Gasteiger partial charge in [-0.1, -0.05) is 77.2 Å². The number of benzene rings is 1. The molecule has 0 N–H and O–H groups in total. The number of hydrogen-bond acceptors (Lipinski definition) is 1. The van der Waals surface area contributed by atoms with E-state index >= 15 is 0 Å². The molecule has 1 heterocycles. The van der Waals surface area contributed by atoms with Crippen molar-refractivity contribution in [3.8, 4) is 11.3 Å². The Balaban J connectivity index is 2.67. The van der Waals surface area contributed by atoms with E-state index in [-0.39, 0.29) is 10.8 Å². The van der Waals surface area contributed by atoms with Crippen molar-refractivity contribution in [2.45, 2.75) is 71.6 Å². The lowest BCUT2D eigenvalue weighted by molar-refractivity contribution is -0.663. The lowest BCUT2D eigenvalue weighted by atomic mass is 9.74. The van der Waals surface area contributed by atoms with E-state index in [9.17, 15) is 0 Å². The summed E-state index contributed by atoms with van der Waals surface area (Å²) >= 11 is 0. The maximum Gasteiger partial charge on any atom is 0.286 e. The Bertz CT molecular complexity index is 697. The second-order valence-corrected chi connectivity index (χ2v) is 8.23. The molecular formula is C22H33N2+. The van der Waals surface area contributed by atoms with Crippen LogP contribution in [0.15, 0.2) is 36.7 Å². The average molecular weight is 326 g/mol. The molecular weight excluding hydrogens is 292 g/mol. The van der Waals surface area contributed by atoms with Crippen LogP contribution < -0.4 is 4.57 Å². The summed E-state index contributed by atoms with van der Waals surface area (Å²) in [6.07, 6.45) is 5.52. The molecule has 1 unspecified atom stereocenters. The van der Waals surface area contributed by atoms with Crippen LogP contribution in [-0.4, -0.2) is 4.98 Å². The monoisotopic (exact) mass is 325 g/mol. The highest BCUT2D eigenvalue weighted by Gasteiger charge is 2.29. The summed E-state index contributed by atoms with van der Waals surface area (Å²) in [5.41, 5.74) is 5.45. The van der Waals surface area contributed by atoms with Crippen LogP contribution in [0.5, 0.6) is 0 Å². The van der Waals surface area contributed by atoms with Gasteiger partial charge >= 0.3 is 0 Å². The van der Waals surface area contributed by atoms with Gasteiger partial charge in [-0.15, -0.1) is 0 Å². The van der Waals surface area contributed by atoms with E-state index < -0.39 is 0 Å². The third-order valence-corrected chi connectivity index (χ3v) is 5.23. The Morgan fingerprint density at radius 3 is 2.29 bits per heavy atom. The van der Waals surface area contributed by atoms with Crippen molar-refractivity contribution in [1.29, 1.82) is 0 Å². The Morgan fingerprint density at radius 1 is 1.04 bits per heavy atom.